The van der Waals surface area contributed by atoms with Crippen molar-refractivity contribution in [2.24, 2.45) is 0 Å². The first kappa shape index (κ1) is 14.4. The molecule has 0 amide bonds. The number of carbonyl (C=O) groups is 1. The topological polar surface area (TPSA) is 55.1 Å². The van der Waals surface area contributed by atoms with Crippen LogP contribution >= 0.6 is 11.6 Å². The Labute approximate surface area is 116 Å². The molecule has 0 fully saturated rings. The summed E-state index contributed by atoms with van der Waals surface area (Å²) in [5.41, 5.74) is -1.39. The number of hydrogen-bond donors (Lipinski definition) is 1. The third-order valence-electron chi connectivity index (χ3n) is 2.51. The zero-order chi connectivity index (χ0) is 14.9. The average Bonchev–Trinajstić information content (AvgIpc) is 2.71. The van der Waals surface area contributed by atoms with Crippen molar-refractivity contribution in [3.05, 3.63) is 46.7 Å². The Kier molecular flexibility index (Phi) is 3.71. The molecule has 4 nitrogen and oxygen atoms in total. The van der Waals surface area contributed by atoms with Crippen molar-refractivity contribution >= 4 is 17.6 Å². The molecule has 0 radical (unpaired) electrons. The molecule has 1 heterocycles. The minimum atomic E-state index is -4.72. The molecule has 1 aromatic carbocycles. The molecule has 8 heteroatoms. The summed E-state index contributed by atoms with van der Waals surface area (Å²) in [7, 11) is 0. The lowest BCUT2D eigenvalue weighted by Gasteiger charge is -2.12. The van der Waals surface area contributed by atoms with Gasteiger partial charge in [-0.2, -0.15) is 18.3 Å². The molecule has 0 spiro atoms. The molecule has 0 atom stereocenters. The van der Waals surface area contributed by atoms with E-state index in [4.69, 9.17) is 16.7 Å². The van der Waals surface area contributed by atoms with E-state index in [9.17, 15) is 18.0 Å². The predicted octanol–water partition coefficient (Wildman–Crippen LogP) is 3.17. The van der Waals surface area contributed by atoms with Gasteiger partial charge in [-0.25, -0.2) is 4.68 Å². The lowest BCUT2D eigenvalue weighted by atomic mass is 10.1. The van der Waals surface area contributed by atoms with E-state index in [1.165, 1.54) is 24.3 Å². The van der Waals surface area contributed by atoms with Crippen molar-refractivity contribution in [1.29, 1.82) is 0 Å². The number of carboxylic acids is 1. The lowest BCUT2D eigenvalue weighted by molar-refractivity contribution is -0.144. The second-order valence-electron chi connectivity index (χ2n) is 3.98. The Bertz CT molecular complexity index is 652. The van der Waals surface area contributed by atoms with Crippen LogP contribution in [0, 0.1) is 0 Å². The Hall–Kier alpha value is -2.02. The Morgan fingerprint density at radius 2 is 2.10 bits per heavy atom. The molecule has 0 unspecified atom stereocenters. The SMILES string of the molecule is O=C(O)Cc1cnn(-c2cccc(Cl)c2)c1C(F)(F)F. The summed E-state index contributed by atoms with van der Waals surface area (Å²) in [6, 6.07) is 5.71. The first-order valence-corrected chi connectivity index (χ1v) is 5.78. The number of hydrogen-bond acceptors (Lipinski definition) is 2. The zero-order valence-corrected chi connectivity index (χ0v) is 10.6. The van der Waals surface area contributed by atoms with Gasteiger partial charge < -0.3 is 5.11 Å². The van der Waals surface area contributed by atoms with Crippen LogP contribution in [0.15, 0.2) is 30.5 Å². The van der Waals surface area contributed by atoms with Gasteiger partial charge in [-0.05, 0) is 18.2 Å². The van der Waals surface area contributed by atoms with Crippen molar-refractivity contribution in [2.75, 3.05) is 0 Å². The van der Waals surface area contributed by atoms with Crippen LogP contribution < -0.4 is 0 Å². The van der Waals surface area contributed by atoms with Crippen LogP contribution in [0.25, 0.3) is 5.69 Å². The van der Waals surface area contributed by atoms with Gasteiger partial charge in [0.1, 0.15) is 0 Å². The highest BCUT2D eigenvalue weighted by Gasteiger charge is 2.39. The molecule has 1 N–H and O–H groups in total. The van der Waals surface area contributed by atoms with Gasteiger partial charge in [-0.1, -0.05) is 17.7 Å². The third-order valence-corrected chi connectivity index (χ3v) is 2.74. The van der Waals surface area contributed by atoms with E-state index in [1.807, 2.05) is 0 Å². The second-order valence-corrected chi connectivity index (χ2v) is 4.41. The largest absolute Gasteiger partial charge is 0.481 e. The minimum Gasteiger partial charge on any atom is -0.481 e. The molecule has 2 rings (SSSR count). The monoisotopic (exact) mass is 304 g/mol. The quantitative estimate of drug-likeness (QED) is 0.947. The van der Waals surface area contributed by atoms with Crippen molar-refractivity contribution in [3.63, 3.8) is 0 Å². The number of aromatic nitrogens is 2. The van der Waals surface area contributed by atoms with Crippen LogP contribution in [0.4, 0.5) is 13.2 Å². The van der Waals surface area contributed by atoms with Gasteiger partial charge in [0.15, 0.2) is 5.69 Å². The summed E-state index contributed by atoms with van der Waals surface area (Å²) >= 11 is 5.74. The van der Waals surface area contributed by atoms with Crippen LogP contribution in [0.2, 0.25) is 5.02 Å². The standard InChI is InChI=1S/C12H8ClF3N2O2/c13-8-2-1-3-9(5-8)18-11(12(14,15)16)7(6-17-18)4-10(19)20/h1-3,5-6H,4H2,(H,19,20). The van der Waals surface area contributed by atoms with Gasteiger partial charge >= 0.3 is 12.1 Å². The van der Waals surface area contributed by atoms with Crippen LogP contribution in [0.5, 0.6) is 0 Å². The van der Waals surface area contributed by atoms with E-state index < -0.39 is 29.8 Å². The van der Waals surface area contributed by atoms with Crippen molar-refractivity contribution in [2.45, 2.75) is 12.6 Å². The summed E-state index contributed by atoms with van der Waals surface area (Å²) in [5.74, 6) is -1.36. The van der Waals surface area contributed by atoms with Crippen molar-refractivity contribution < 1.29 is 23.1 Å². The van der Waals surface area contributed by atoms with Crippen LogP contribution in [-0.2, 0) is 17.4 Å². The van der Waals surface area contributed by atoms with Crippen LogP contribution in [0.1, 0.15) is 11.3 Å². The van der Waals surface area contributed by atoms with E-state index >= 15 is 0 Å². The molecule has 0 aliphatic rings. The molecule has 20 heavy (non-hydrogen) atoms. The first-order valence-electron chi connectivity index (χ1n) is 5.41. The molecule has 0 aliphatic carbocycles. The lowest BCUT2D eigenvalue weighted by Crippen LogP contribution is -2.16. The molecule has 0 saturated carbocycles. The molecular weight excluding hydrogens is 297 g/mol. The van der Waals surface area contributed by atoms with E-state index in [-0.39, 0.29) is 10.7 Å². The normalized spacial score (nSPS) is 11.6. The van der Waals surface area contributed by atoms with E-state index in [0.717, 1.165) is 6.20 Å². The Balaban J connectivity index is 2.59. The summed E-state index contributed by atoms with van der Waals surface area (Å²) in [5, 5.41) is 12.5. The first-order chi connectivity index (χ1) is 9.29. The molecule has 0 aliphatic heterocycles. The summed E-state index contributed by atoms with van der Waals surface area (Å²) < 4.78 is 39.9. The van der Waals surface area contributed by atoms with Crippen molar-refractivity contribution in [1.82, 2.24) is 9.78 Å². The number of alkyl halides is 3. The fraction of sp³-hybridized carbons (Fsp3) is 0.167. The Morgan fingerprint density at radius 3 is 2.65 bits per heavy atom. The highest BCUT2D eigenvalue weighted by atomic mass is 35.5. The number of nitrogens with zero attached hydrogens (tertiary/aromatic N) is 2. The van der Waals surface area contributed by atoms with Gasteiger partial charge in [0.05, 0.1) is 18.3 Å². The van der Waals surface area contributed by atoms with Gasteiger partial charge in [0.2, 0.25) is 0 Å². The highest BCUT2D eigenvalue weighted by Crippen LogP contribution is 2.34. The van der Waals surface area contributed by atoms with Gasteiger partial charge in [0, 0.05) is 10.6 Å². The fourth-order valence-corrected chi connectivity index (χ4v) is 1.96. The molecule has 2 aromatic rings. The minimum absolute atomic E-state index is 0.112. The number of halogens is 4. The van der Waals surface area contributed by atoms with E-state index in [0.29, 0.717) is 4.68 Å². The number of aliphatic carboxylic acids is 1. The van der Waals surface area contributed by atoms with Gasteiger partial charge in [-0.3, -0.25) is 4.79 Å². The summed E-state index contributed by atoms with van der Waals surface area (Å²) in [6.45, 7) is 0. The smallest absolute Gasteiger partial charge is 0.433 e. The molecule has 1 aromatic heterocycles. The molecule has 106 valence electrons. The van der Waals surface area contributed by atoms with Gasteiger partial charge in [0.25, 0.3) is 0 Å². The fourth-order valence-electron chi connectivity index (χ4n) is 1.78. The summed E-state index contributed by atoms with van der Waals surface area (Å²) in [4.78, 5) is 10.6. The summed E-state index contributed by atoms with van der Waals surface area (Å²) in [6.07, 6.45) is -4.57. The van der Waals surface area contributed by atoms with E-state index in [1.54, 1.807) is 0 Å². The molecule has 0 saturated heterocycles. The third kappa shape index (κ3) is 2.93. The number of rotatable bonds is 3. The number of benzene rings is 1. The van der Waals surface area contributed by atoms with Crippen molar-refractivity contribution in [3.8, 4) is 5.69 Å². The molecular formula is C12H8ClF3N2O2. The highest BCUT2D eigenvalue weighted by molar-refractivity contribution is 6.30. The maximum absolute atomic E-state index is 13.1. The molecule has 0 bridgehead atoms. The predicted molar refractivity (Wildman–Crippen MR) is 64.9 cm³/mol. The number of carboxylic acid groups (broad SMARTS) is 1. The maximum atomic E-state index is 13.1. The second kappa shape index (κ2) is 5.16. The van der Waals surface area contributed by atoms with E-state index in [2.05, 4.69) is 5.10 Å². The zero-order valence-electron chi connectivity index (χ0n) is 9.86. The maximum Gasteiger partial charge on any atom is 0.433 e. The Morgan fingerprint density at radius 1 is 1.40 bits per heavy atom. The van der Waals surface area contributed by atoms with Crippen LogP contribution in [0.3, 0.4) is 0 Å². The van der Waals surface area contributed by atoms with Crippen LogP contribution in [-0.4, -0.2) is 20.9 Å². The van der Waals surface area contributed by atoms with Gasteiger partial charge in [-0.15, -0.1) is 0 Å². The average molecular weight is 305 g/mol.